The number of carbonyl (C=O) groups is 1. The Balaban J connectivity index is 1.92. The summed E-state index contributed by atoms with van der Waals surface area (Å²) in [5.74, 6) is 0.619. The Morgan fingerprint density at radius 2 is 1.91 bits per heavy atom. The zero-order valence-electron chi connectivity index (χ0n) is 18.5. The average molecular weight is 477 g/mol. The first kappa shape index (κ1) is 24.1. The standard InChI is InChI=1S/C22H28N4O4S2/c1-5-12-26-19-11-10-17(32(23,28)29)13-18(19)25-22(26)31-20(14(2)3)21(27)24-15-6-8-16(30-4)9-7-15/h6-11,13-14,20H,5,12H2,1-4H3,(H,24,27)(H2,23,28,29). The average Bonchev–Trinajstić information content (AvgIpc) is 3.08. The van der Waals surface area contributed by atoms with Crippen LogP contribution in [0.1, 0.15) is 27.2 Å². The smallest absolute Gasteiger partial charge is 0.238 e. The maximum absolute atomic E-state index is 13.1. The Morgan fingerprint density at radius 1 is 1.22 bits per heavy atom. The van der Waals surface area contributed by atoms with E-state index in [-0.39, 0.29) is 16.7 Å². The Morgan fingerprint density at radius 3 is 2.47 bits per heavy atom. The molecule has 0 radical (unpaired) electrons. The van der Waals surface area contributed by atoms with Gasteiger partial charge in [0.25, 0.3) is 0 Å². The molecule has 1 atom stereocenters. The number of imidazole rings is 1. The van der Waals surface area contributed by atoms with Crippen LogP contribution in [0.4, 0.5) is 5.69 Å². The van der Waals surface area contributed by atoms with Crippen LogP contribution >= 0.6 is 11.8 Å². The molecule has 1 heterocycles. The van der Waals surface area contributed by atoms with Crippen molar-refractivity contribution >= 4 is 44.4 Å². The third-order valence-electron chi connectivity index (χ3n) is 4.91. The second-order valence-corrected chi connectivity index (χ2v) is 10.4. The normalized spacial score (nSPS) is 12.8. The van der Waals surface area contributed by atoms with Crippen molar-refractivity contribution in [3.8, 4) is 5.75 Å². The van der Waals surface area contributed by atoms with Crippen LogP contribution < -0.4 is 15.2 Å². The predicted octanol–water partition coefficient (Wildman–Crippen LogP) is 3.86. The van der Waals surface area contributed by atoms with E-state index in [0.717, 1.165) is 11.9 Å². The summed E-state index contributed by atoms with van der Waals surface area (Å²) in [5, 5.41) is 8.50. The van der Waals surface area contributed by atoms with Gasteiger partial charge in [-0.3, -0.25) is 4.79 Å². The number of ether oxygens (including phenoxy) is 1. The van der Waals surface area contributed by atoms with E-state index >= 15 is 0 Å². The fraction of sp³-hybridized carbons (Fsp3) is 0.364. The van der Waals surface area contributed by atoms with Gasteiger partial charge in [0.05, 0.1) is 28.3 Å². The van der Waals surface area contributed by atoms with E-state index in [1.54, 1.807) is 37.4 Å². The lowest BCUT2D eigenvalue weighted by Crippen LogP contribution is -2.30. The van der Waals surface area contributed by atoms with Crippen molar-refractivity contribution < 1.29 is 17.9 Å². The summed E-state index contributed by atoms with van der Waals surface area (Å²) in [7, 11) is -2.24. The molecule has 10 heteroatoms. The highest BCUT2D eigenvalue weighted by Gasteiger charge is 2.27. The van der Waals surface area contributed by atoms with E-state index < -0.39 is 15.3 Å². The number of sulfonamides is 1. The number of rotatable bonds is 9. The summed E-state index contributed by atoms with van der Waals surface area (Å²) >= 11 is 1.37. The summed E-state index contributed by atoms with van der Waals surface area (Å²) in [6.07, 6.45) is 0.861. The van der Waals surface area contributed by atoms with E-state index in [0.29, 0.717) is 28.7 Å². The number of nitrogens with two attached hydrogens (primary N) is 1. The summed E-state index contributed by atoms with van der Waals surface area (Å²) in [6.45, 7) is 6.71. The molecule has 2 aromatic carbocycles. The minimum atomic E-state index is -3.83. The largest absolute Gasteiger partial charge is 0.497 e. The maximum atomic E-state index is 13.1. The minimum Gasteiger partial charge on any atom is -0.497 e. The molecule has 8 nitrogen and oxygen atoms in total. The molecule has 0 fully saturated rings. The molecule has 1 unspecified atom stereocenters. The topological polar surface area (TPSA) is 116 Å². The number of thioether (sulfide) groups is 1. The number of hydrogen-bond acceptors (Lipinski definition) is 6. The van der Waals surface area contributed by atoms with Crippen molar-refractivity contribution in [1.82, 2.24) is 9.55 Å². The second-order valence-electron chi connectivity index (χ2n) is 7.74. The second kappa shape index (κ2) is 9.93. The lowest BCUT2D eigenvalue weighted by Gasteiger charge is -2.20. The van der Waals surface area contributed by atoms with Gasteiger partial charge in [0.15, 0.2) is 5.16 Å². The van der Waals surface area contributed by atoms with Crippen LogP contribution in [0.25, 0.3) is 11.0 Å². The van der Waals surface area contributed by atoms with E-state index in [1.807, 2.05) is 18.4 Å². The first-order valence-electron chi connectivity index (χ1n) is 10.3. The number of aromatic nitrogens is 2. The molecule has 172 valence electrons. The first-order valence-corrected chi connectivity index (χ1v) is 12.7. The highest BCUT2D eigenvalue weighted by molar-refractivity contribution is 8.00. The molecule has 3 aromatic rings. The van der Waals surface area contributed by atoms with Gasteiger partial charge in [-0.25, -0.2) is 18.5 Å². The van der Waals surface area contributed by atoms with E-state index in [2.05, 4.69) is 17.2 Å². The van der Waals surface area contributed by atoms with Gasteiger partial charge in [-0.05, 0) is 54.8 Å². The SMILES string of the molecule is CCCn1c(SC(C(=O)Nc2ccc(OC)cc2)C(C)C)nc2cc(S(N)(=O)=O)ccc21. The van der Waals surface area contributed by atoms with Gasteiger partial charge in [0, 0.05) is 12.2 Å². The number of fused-ring (bicyclic) bond motifs is 1. The van der Waals surface area contributed by atoms with Crippen molar-refractivity contribution in [2.45, 2.75) is 49.0 Å². The Hall–Kier alpha value is -2.56. The molecule has 0 saturated heterocycles. The van der Waals surface area contributed by atoms with Gasteiger partial charge < -0.3 is 14.6 Å². The quantitative estimate of drug-likeness (QED) is 0.453. The van der Waals surface area contributed by atoms with Gasteiger partial charge >= 0.3 is 0 Å². The number of anilines is 1. The number of nitrogens with one attached hydrogen (secondary N) is 1. The number of nitrogens with zero attached hydrogens (tertiary/aromatic N) is 2. The molecule has 0 aliphatic heterocycles. The van der Waals surface area contributed by atoms with Gasteiger partial charge in [-0.2, -0.15) is 0 Å². The number of amides is 1. The van der Waals surface area contributed by atoms with Gasteiger partial charge in [0.1, 0.15) is 5.75 Å². The molecular weight excluding hydrogens is 448 g/mol. The summed E-state index contributed by atoms with van der Waals surface area (Å²) in [4.78, 5) is 17.8. The molecule has 3 rings (SSSR count). The molecule has 1 aromatic heterocycles. The first-order chi connectivity index (χ1) is 15.1. The lowest BCUT2D eigenvalue weighted by atomic mass is 10.1. The van der Waals surface area contributed by atoms with Crippen LogP contribution in [0.2, 0.25) is 0 Å². The van der Waals surface area contributed by atoms with Crippen LogP contribution in [0, 0.1) is 5.92 Å². The molecule has 0 saturated carbocycles. The monoisotopic (exact) mass is 476 g/mol. The third-order valence-corrected chi connectivity index (χ3v) is 7.36. The van der Waals surface area contributed by atoms with Gasteiger partial charge in [0.2, 0.25) is 15.9 Å². The Labute approximate surface area is 192 Å². The van der Waals surface area contributed by atoms with Gasteiger partial charge in [-0.1, -0.05) is 32.5 Å². The van der Waals surface area contributed by atoms with Crippen LogP contribution in [0.5, 0.6) is 5.75 Å². The van der Waals surface area contributed by atoms with Crippen molar-refractivity contribution in [3.63, 3.8) is 0 Å². The fourth-order valence-corrected chi connectivity index (χ4v) is 4.95. The van der Waals surface area contributed by atoms with Crippen LogP contribution in [0.3, 0.4) is 0 Å². The highest BCUT2D eigenvalue weighted by Crippen LogP contribution is 2.32. The number of carbonyl (C=O) groups excluding carboxylic acids is 1. The predicted molar refractivity (Wildman–Crippen MR) is 128 cm³/mol. The van der Waals surface area contributed by atoms with Crippen molar-refractivity contribution in [3.05, 3.63) is 42.5 Å². The van der Waals surface area contributed by atoms with Crippen LogP contribution in [-0.2, 0) is 21.4 Å². The fourth-order valence-electron chi connectivity index (χ4n) is 3.29. The van der Waals surface area contributed by atoms with E-state index in [9.17, 15) is 13.2 Å². The number of benzene rings is 2. The zero-order chi connectivity index (χ0) is 23.5. The number of methoxy groups -OCH3 is 1. The summed E-state index contributed by atoms with van der Waals surface area (Å²) < 4.78 is 30.7. The van der Waals surface area contributed by atoms with E-state index in [4.69, 9.17) is 9.88 Å². The Kier molecular flexibility index (Phi) is 7.47. The Bertz CT molecular complexity index is 1200. The van der Waals surface area contributed by atoms with E-state index in [1.165, 1.54) is 23.9 Å². The summed E-state index contributed by atoms with van der Waals surface area (Å²) in [5.41, 5.74) is 2.02. The van der Waals surface area contributed by atoms with Crippen LogP contribution in [0.15, 0.2) is 52.5 Å². The van der Waals surface area contributed by atoms with Crippen molar-refractivity contribution in [2.75, 3.05) is 12.4 Å². The molecular formula is C22H28N4O4S2. The van der Waals surface area contributed by atoms with Crippen molar-refractivity contribution in [1.29, 1.82) is 0 Å². The molecule has 0 aliphatic rings. The molecule has 1 amide bonds. The molecule has 3 N–H and O–H groups in total. The van der Waals surface area contributed by atoms with Crippen molar-refractivity contribution in [2.24, 2.45) is 11.1 Å². The maximum Gasteiger partial charge on any atom is 0.238 e. The number of hydrogen-bond donors (Lipinski definition) is 2. The summed E-state index contributed by atoms with van der Waals surface area (Å²) in [6, 6.07) is 11.8. The van der Waals surface area contributed by atoms with Crippen LogP contribution in [-0.4, -0.2) is 36.2 Å². The molecule has 0 bridgehead atoms. The number of aryl methyl sites for hydroxylation is 1. The molecule has 0 aliphatic carbocycles. The lowest BCUT2D eigenvalue weighted by molar-refractivity contribution is -0.116. The molecule has 0 spiro atoms. The third kappa shape index (κ3) is 5.43. The van der Waals surface area contributed by atoms with Gasteiger partial charge in [-0.15, -0.1) is 0 Å². The molecule has 32 heavy (non-hydrogen) atoms. The number of primary sulfonamides is 1. The minimum absolute atomic E-state index is 0.0142. The zero-order valence-corrected chi connectivity index (χ0v) is 20.2. The highest BCUT2D eigenvalue weighted by atomic mass is 32.2.